The number of hydrogen-bond donors (Lipinski definition) is 1. The van der Waals surface area contributed by atoms with Gasteiger partial charge in [-0.3, -0.25) is 4.90 Å². The number of rotatable bonds is 8. The van der Waals surface area contributed by atoms with Gasteiger partial charge in [0.15, 0.2) is 0 Å². The fraction of sp³-hybridized carbons (Fsp3) is 0.375. The van der Waals surface area contributed by atoms with Crippen molar-refractivity contribution in [1.82, 2.24) is 4.90 Å². The van der Waals surface area contributed by atoms with Crippen LogP contribution in [0.25, 0.3) is 0 Å². The molecule has 0 radical (unpaired) electrons. The van der Waals surface area contributed by atoms with Crippen LogP contribution >= 0.6 is 0 Å². The molecule has 20 heavy (non-hydrogen) atoms. The maximum atomic E-state index is 5.83. The Hall–Kier alpha value is -1.94. The second-order valence-electron chi connectivity index (χ2n) is 4.69. The quantitative estimate of drug-likeness (QED) is 0.593. The number of ether oxygens (including phenoxy) is 1. The first kappa shape index (κ1) is 14.5. The molecule has 1 aromatic heterocycles. The smallest absolute Gasteiger partial charge is 0.142 e. The monoisotopic (exact) mass is 274 g/mol. The Balaban J connectivity index is 1.70. The molecule has 2 aromatic rings. The van der Waals surface area contributed by atoms with Crippen molar-refractivity contribution in [2.24, 2.45) is 0 Å². The molecule has 4 nitrogen and oxygen atoms in total. The highest BCUT2D eigenvalue weighted by Gasteiger charge is 2.06. The Morgan fingerprint density at radius 2 is 2.05 bits per heavy atom. The number of nitrogens with two attached hydrogens (primary N) is 1. The fourth-order valence-electron chi connectivity index (χ4n) is 2.05. The largest absolute Gasteiger partial charge is 0.491 e. The van der Waals surface area contributed by atoms with Crippen molar-refractivity contribution < 1.29 is 9.15 Å². The van der Waals surface area contributed by atoms with E-state index < -0.39 is 0 Å². The van der Waals surface area contributed by atoms with E-state index in [0.717, 1.165) is 37.6 Å². The van der Waals surface area contributed by atoms with Gasteiger partial charge in [0.25, 0.3) is 0 Å². The molecule has 1 aromatic carbocycles. The Bertz CT molecular complexity index is 497. The number of anilines is 1. The lowest BCUT2D eigenvalue weighted by molar-refractivity contribution is 0.223. The van der Waals surface area contributed by atoms with Crippen LogP contribution in [-0.4, -0.2) is 24.6 Å². The van der Waals surface area contributed by atoms with Gasteiger partial charge in [-0.25, -0.2) is 0 Å². The molecule has 0 unspecified atom stereocenters. The Morgan fingerprint density at radius 1 is 1.20 bits per heavy atom. The van der Waals surface area contributed by atoms with Gasteiger partial charge in [-0.1, -0.05) is 19.1 Å². The van der Waals surface area contributed by atoms with Crippen LogP contribution in [-0.2, 0) is 6.54 Å². The summed E-state index contributed by atoms with van der Waals surface area (Å²) in [6, 6.07) is 11.5. The molecule has 2 N–H and O–H groups in total. The third kappa shape index (κ3) is 4.31. The highest BCUT2D eigenvalue weighted by molar-refractivity contribution is 5.51. The summed E-state index contributed by atoms with van der Waals surface area (Å²) in [5, 5.41) is 0. The summed E-state index contributed by atoms with van der Waals surface area (Å²) >= 11 is 0. The van der Waals surface area contributed by atoms with E-state index in [-0.39, 0.29) is 0 Å². The number of furan rings is 1. The standard InChI is InChI=1S/C16H22N2O2/c1-2-18(13-14-7-5-11-19-14)10-6-12-20-16-9-4-3-8-15(16)17/h3-5,7-9,11H,2,6,10,12-13,17H2,1H3. The SMILES string of the molecule is CCN(CCCOc1ccccc1N)Cc1ccco1. The summed E-state index contributed by atoms with van der Waals surface area (Å²) < 4.78 is 11.1. The number of hydrogen-bond acceptors (Lipinski definition) is 4. The van der Waals surface area contributed by atoms with Crippen LogP contribution < -0.4 is 10.5 Å². The van der Waals surface area contributed by atoms with Crippen molar-refractivity contribution in [3.63, 3.8) is 0 Å². The average Bonchev–Trinajstić information content (AvgIpc) is 2.97. The zero-order valence-corrected chi connectivity index (χ0v) is 11.9. The number of nitrogen functional groups attached to an aromatic ring is 1. The highest BCUT2D eigenvalue weighted by atomic mass is 16.5. The third-order valence-corrected chi connectivity index (χ3v) is 3.20. The molecule has 0 saturated heterocycles. The highest BCUT2D eigenvalue weighted by Crippen LogP contribution is 2.19. The molecule has 2 rings (SSSR count). The van der Waals surface area contributed by atoms with E-state index >= 15 is 0 Å². The lowest BCUT2D eigenvalue weighted by atomic mass is 10.3. The third-order valence-electron chi connectivity index (χ3n) is 3.20. The molecule has 0 saturated carbocycles. The zero-order valence-electron chi connectivity index (χ0n) is 11.9. The molecular formula is C16H22N2O2. The van der Waals surface area contributed by atoms with Gasteiger partial charge >= 0.3 is 0 Å². The molecule has 108 valence electrons. The van der Waals surface area contributed by atoms with Gasteiger partial charge in [0.1, 0.15) is 11.5 Å². The van der Waals surface area contributed by atoms with Gasteiger partial charge < -0.3 is 14.9 Å². The van der Waals surface area contributed by atoms with Gasteiger partial charge in [0.05, 0.1) is 25.1 Å². The van der Waals surface area contributed by atoms with Gasteiger partial charge in [0.2, 0.25) is 0 Å². The van der Waals surface area contributed by atoms with Crippen molar-refractivity contribution in [1.29, 1.82) is 0 Å². The molecule has 0 atom stereocenters. The predicted molar refractivity (Wildman–Crippen MR) is 80.6 cm³/mol. The number of para-hydroxylation sites is 2. The maximum absolute atomic E-state index is 5.83. The summed E-state index contributed by atoms with van der Waals surface area (Å²) in [5.41, 5.74) is 6.52. The lowest BCUT2D eigenvalue weighted by Gasteiger charge is -2.19. The molecule has 0 aliphatic carbocycles. The van der Waals surface area contributed by atoms with Gasteiger partial charge in [0, 0.05) is 6.54 Å². The second kappa shape index (κ2) is 7.60. The van der Waals surface area contributed by atoms with Gasteiger partial charge in [-0.15, -0.1) is 0 Å². The summed E-state index contributed by atoms with van der Waals surface area (Å²) in [6.07, 6.45) is 2.67. The van der Waals surface area contributed by atoms with Crippen molar-refractivity contribution >= 4 is 5.69 Å². The Morgan fingerprint density at radius 3 is 2.75 bits per heavy atom. The van der Waals surface area contributed by atoms with E-state index in [4.69, 9.17) is 14.9 Å². The first-order valence-corrected chi connectivity index (χ1v) is 7.01. The molecule has 0 aliphatic heterocycles. The first-order valence-electron chi connectivity index (χ1n) is 7.01. The lowest BCUT2D eigenvalue weighted by Crippen LogP contribution is -2.25. The van der Waals surface area contributed by atoms with E-state index in [1.165, 1.54) is 0 Å². The van der Waals surface area contributed by atoms with Crippen LogP contribution in [0.15, 0.2) is 47.1 Å². The van der Waals surface area contributed by atoms with Crippen LogP contribution in [0.3, 0.4) is 0 Å². The van der Waals surface area contributed by atoms with E-state index in [1.807, 2.05) is 36.4 Å². The second-order valence-corrected chi connectivity index (χ2v) is 4.69. The minimum absolute atomic E-state index is 0.670. The van der Waals surface area contributed by atoms with Crippen LogP contribution in [0, 0.1) is 0 Å². The van der Waals surface area contributed by atoms with E-state index in [9.17, 15) is 0 Å². The molecular weight excluding hydrogens is 252 g/mol. The van der Waals surface area contributed by atoms with Gasteiger partial charge in [-0.05, 0) is 37.2 Å². The predicted octanol–water partition coefficient (Wildman–Crippen LogP) is 3.15. The minimum atomic E-state index is 0.670. The summed E-state index contributed by atoms with van der Waals surface area (Å²) in [6.45, 7) is 5.64. The topological polar surface area (TPSA) is 51.6 Å². The van der Waals surface area contributed by atoms with Crippen LogP contribution in [0.5, 0.6) is 5.75 Å². The molecule has 0 amide bonds. The van der Waals surface area contributed by atoms with Crippen molar-refractivity contribution in [2.75, 3.05) is 25.4 Å². The number of benzene rings is 1. The van der Waals surface area contributed by atoms with Crippen LogP contribution in [0.2, 0.25) is 0 Å². The summed E-state index contributed by atoms with van der Waals surface area (Å²) in [7, 11) is 0. The molecule has 0 aliphatic rings. The maximum Gasteiger partial charge on any atom is 0.142 e. The molecule has 4 heteroatoms. The summed E-state index contributed by atoms with van der Waals surface area (Å²) in [4.78, 5) is 2.33. The first-order chi connectivity index (χ1) is 9.79. The normalized spacial score (nSPS) is 10.9. The van der Waals surface area contributed by atoms with Gasteiger partial charge in [-0.2, -0.15) is 0 Å². The van der Waals surface area contributed by atoms with Crippen LogP contribution in [0.1, 0.15) is 19.1 Å². The van der Waals surface area contributed by atoms with Crippen molar-refractivity contribution in [3.8, 4) is 5.75 Å². The van der Waals surface area contributed by atoms with Crippen molar-refractivity contribution in [3.05, 3.63) is 48.4 Å². The van der Waals surface area contributed by atoms with E-state index in [1.54, 1.807) is 6.26 Å². The number of nitrogens with zero attached hydrogens (tertiary/aromatic N) is 1. The summed E-state index contributed by atoms with van der Waals surface area (Å²) in [5.74, 6) is 1.77. The van der Waals surface area contributed by atoms with E-state index in [0.29, 0.717) is 12.3 Å². The molecule has 0 spiro atoms. The van der Waals surface area contributed by atoms with Crippen molar-refractivity contribution in [2.45, 2.75) is 19.9 Å². The average molecular weight is 274 g/mol. The zero-order chi connectivity index (χ0) is 14.2. The molecule has 1 heterocycles. The molecule has 0 bridgehead atoms. The van der Waals surface area contributed by atoms with E-state index in [2.05, 4.69) is 11.8 Å². The molecule has 0 fully saturated rings. The minimum Gasteiger partial charge on any atom is -0.491 e. The fourth-order valence-corrected chi connectivity index (χ4v) is 2.05. The Kier molecular flexibility index (Phi) is 5.50. The van der Waals surface area contributed by atoms with Crippen LogP contribution in [0.4, 0.5) is 5.69 Å². The Labute approximate surface area is 120 Å².